The van der Waals surface area contributed by atoms with Crippen molar-refractivity contribution in [3.05, 3.63) is 0 Å². The standard InChI is InChI=1S/C12H18O6/c1-8(13)2-3-12(14)18-9-4-10-11(16-5-9)6-15-7-17-10/h9-11H,2-7H2,1H3. The molecule has 2 rings (SSSR count). The maximum Gasteiger partial charge on any atom is 0.306 e. The number of rotatable bonds is 4. The fourth-order valence-corrected chi connectivity index (χ4v) is 2.05. The first-order chi connectivity index (χ1) is 8.65. The van der Waals surface area contributed by atoms with Crippen LogP contribution in [0.15, 0.2) is 0 Å². The van der Waals surface area contributed by atoms with Gasteiger partial charge in [-0.2, -0.15) is 0 Å². The zero-order valence-corrected chi connectivity index (χ0v) is 10.4. The Hall–Kier alpha value is -0.980. The van der Waals surface area contributed by atoms with Crippen LogP contribution in [-0.2, 0) is 28.5 Å². The molecule has 0 aromatic rings. The van der Waals surface area contributed by atoms with E-state index in [1.165, 1.54) is 6.92 Å². The van der Waals surface area contributed by atoms with E-state index in [2.05, 4.69) is 0 Å². The number of ketones is 1. The number of hydrogen-bond acceptors (Lipinski definition) is 6. The van der Waals surface area contributed by atoms with Gasteiger partial charge in [-0.3, -0.25) is 4.79 Å². The van der Waals surface area contributed by atoms with Crippen molar-refractivity contribution in [1.82, 2.24) is 0 Å². The summed E-state index contributed by atoms with van der Waals surface area (Å²) in [7, 11) is 0. The fourth-order valence-electron chi connectivity index (χ4n) is 2.05. The molecular formula is C12H18O6. The summed E-state index contributed by atoms with van der Waals surface area (Å²) in [5.41, 5.74) is 0. The van der Waals surface area contributed by atoms with Crippen molar-refractivity contribution < 1.29 is 28.5 Å². The van der Waals surface area contributed by atoms with Crippen LogP contribution in [0.1, 0.15) is 26.2 Å². The van der Waals surface area contributed by atoms with E-state index in [4.69, 9.17) is 18.9 Å². The van der Waals surface area contributed by atoms with Crippen LogP contribution in [0.25, 0.3) is 0 Å². The Labute approximate surface area is 106 Å². The van der Waals surface area contributed by atoms with Crippen molar-refractivity contribution in [2.75, 3.05) is 20.0 Å². The van der Waals surface area contributed by atoms with Crippen LogP contribution in [0.4, 0.5) is 0 Å². The average molecular weight is 258 g/mol. The lowest BCUT2D eigenvalue weighted by atomic mass is 10.0. The van der Waals surface area contributed by atoms with Crippen molar-refractivity contribution in [1.29, 1.82) is 0 Å². The molecule has 18 heavy (non-hydrogen) atoms. The summed E-state index contributed by atoms with van der Waals surface area (Å²) in [6, 6.07) is 0. The van der Waals surface area contributed by atoms with E-state index >= 15 is 0 Å². The smallest absolute Gasteiger partial charge is 0.306 e. The van der Waals surface area contributed by atoms with Crippen LogP contribution in [0, 0.1) is 0 Å². The highest BCUT2D eigenvalue weighted by Crippen LogP contribution is 2.23. The van der Waals surface area contributed by atoms with E-state index < -0.39 is 0 Å². The Balaban J connectivity index is 1.73. The second-order valence-corrected chi connectivity index (χ2v) is 4.62. The van der Waals surface area contributed by atoms with Gasteiger partial charge in [0.25, 0.3) is 0 Å². The van der Waals surface area contributed by atoms with E-state index in [1.807, 2.05) is 0 Å². The number of ether oxygens (including phenoxy) is 4. The molecule has 2 saturated heterocycles. The monoisotopic (exact) mass is 258 g/mol. The molecule has 0 spiro atoms. The lowest BCUT2D eigenvalue weighted by molar-refractivity contribution is -0.243. The van der Waals surface area contributed by atoms with Crippen LogP contribution in [0.5, 0.6) is 0 Å². The molecule has 6 heteroatoms. The van der Waals surface area contributed by atoms with Gasteiger partial charge in [-0.1, -0.05) is 0 Å². The molecule has 0 aliphatic carbocycles. The van der Waals surface area contributed by atoms with Gasteiger partial charge in [0.05, 0.1) is 25.7 Å². The highest BCUT2D eigenvalue weighted by atomic mass is 16.7. The van der Waals surface area contributed by atoms with E-state index in [1.54, 1.807) is 0 Å². The first kappa shape index (κ1) is 13.5. The molecule has 0 radical (unpaired) electrons. The second kappa shape index (κ2) is 6.26. The molecule has 0 aromatic carbocycles. The summed E-state index contributed by atoms with van der Waals surface area (Å²) < 4.78 is 21.3. The van der Waals surface area contributed by atoms with Crippen molar-refractivity contribution >= 4 is 11.8 Å². The normalized spacial score (nSPS) is 31.5. The van der Waals surface area contributed by atoms with E-state index in [-0.39, 0.29) is 49.7 Å². The predicted molar refractivity (Wildman–Crippen MR) is 59.8 cm³/mol. The molecule has 2 aliphatic rings. The lowest BCUT2D eigenvalue weighted by Gasteiger charge is -2.38. The van der Waals surface area contributed by atoms with Crippen molar-refractivity contribution in [3.8, 4) is 0 Å². The van der Waals surface area contributed by atoms with Crippen LogP contribution in [0.2, 0.25) is 0 Å². The number of fused-ring (bicyclic) bond motifs is 1. The molecule has 0 bridgehead atoms. The van der Waals surface area contributed by atoms with Crippen molar-refractivity contribution in [2.24, 2.45) is 0 Å². The molecule has 2 aliphatic heterocycles. The third-order valence-electron chi connectivity index (χ3n) is 3.03. The SMILES string of the molecule is CC(=O)CCC(=O)OC1COC2COCOC2C1. The molecule has 6 nitrogen and oxygen atoms in total. The molecule has 0 N–H and O–H groups in total. The summed E-state index contributed by atoms with van der Waals surface area (Å²) in [4.78, 5) is 22.2. The van der Waals surface area contributed by atoms with Gasteiger partial charge >= 0.3 is 5.97 Å². The minimum atomic E-state index is -0.357. The Morgan fingerprint density at radius 3 is 2.78 bits per heavy atom. The molecule has 2 fully saturated rings. The minimum absolute atomic E-state index is 0.0142. The Morgan fingerprint density at radius 1 is 1.17 bits per heavy atom. The second-order valence-electron chi connectivity index (χ2n) is 4.62. The van der Waals surface area contributed by atoms with Gasteiger partial charge in [-0.05, 0) is 6.92 Å². The number of carbonyl (C=O) groups excluding carboxylic acids is 2. The maximum atomic E-state index is 11.5. The van der Waals surface area contributed by atoms with Gasteiger partial charge in [0, 0.05) is 12.8 Å². The number of hydrogen-bond donors (Lipinski definition) is 0. The minimum Gasteiger partial charge on any atom is -0.460 e. The largest absolute Gasteiger partial charge is 0.460 e. The average Bonchev–Trinajstić information content (AvgIpc) is 2.36. The fraction of sp³-hybridized carbons (Fsp3) is 0.833. The third kappa shape index (κ3) is 3.76. The Kier molecular flexibility index (Phi) is 4.68. The van der Waals surface area contributed by atoms with Crippen LogP contribution >= 0.6 is 0 Å². The van der Waals surface area contributed by atoms with Gasteiger partial charge < -0.3 is 23.7 Å². The van der Waals surface area contributed by atoms with Crippen molar-refractivity contribution in [3.63, 3.8) is 0 Å². The zero-order chi connectivity index (χ0) is 13.0. The van der Waals surface area contributed by atoms with Gasteiger partial charge in [0.2, 0.25) is 0 Å². The first-order valence-corrected chi connectivity index (χ1v) is 6.15. The summed E-state index contributed by atoms with van der Waals surface area (Å²) >= 11 is 0. The topological polar surface area (TPSA) is 71.1 Å². The van der Waals surface area contributed by atoms with Gasteiger partial charge in [0.1, 0.15) is 24.8 Å². The molecule has 3 unspecified atom stereocenters. The highest BCUT2D eigenvalue weighted by molar-refractivity contribution is 5.81. The molecule has 3 atom stereocenters. The summed E-state index contributed by atoms with van der Waals surface area (Å²) in [5.74, 6) is -0.371. The molecule has 102 valence electrons. The van der Waals surface area contributed by atoms with Crippen LogP contribution in [0.3, 0.4) is 0 Å². The van der Waals surface area contributed by atoms with E-state index in [0.717, 1.165) is 0 Å². The number of carbonyl (C=O) groups is 2. The van der Waals surface area contributed by atoms with Gasteiger partial charge in [0.15, 0.2) is 0 Å². The van der Waals surface area contributed by atoms with Crippen LogP contribution in [-0.4, -0.2) is 50.1 Å². The molecule has 0 amide bonds. The molecule has 0 saturated carbocycles. The van der Waals surface area contributed by atoms with Gasteiger partial charge in [-0.25, -0.2) is 0 Å². The predicted octanol–water partition coefficient (Wildman–Crippen LogP) is 0.429. The van der Waals surface area contributed by atoms with E-state index in [9.17, 15) is 9.59 Å². The zero-order valence-electron chi connectivity index (χ0n) is 10.4. The third-order valence-corrected chi connectivity index (χ3v) is 3.03. The van der Waals surface area contributed by atoms with E-state index in [0.29, 0.717) is 19.6 Å². The Morgan fingerprint density at radius 2 is 2.00 bits per heavy atom. The lowest BCUT2D eigenvalue weighted by Crippen LogP contribution is -2.49. The van der Waals surface area contributed by atoms with Crippen LogP contribution < -0.4 is 0 Å². The first-order valence-electron chi connectivity index (χ1n) is 6.15. The van der Waals surface area contributed by atoms with Gasteiger partial charge in [-0.15, -0.1) is 0 Å². The quantitative estimate of drug-likeness (QED) is 0.681. The molecule has 0 aromatic heterocycles. The summed E-state index contributed by atoms with van der Waals surface area (Å²) in [6.07, 6.45) is 0.555. The Bertz CT molecular complexity index is 316. The maximum absolute atomic E-state index is 11.5. The summed E-state index contributed by atoms with van der Waals surface area (Å²) in [6.45, 7) is 2.60. The highest BCUT2D eigenvalue weighted by Gasteiger charge is 2.36. The van der Waals surface area contributed by atoms with Crippen molar-refractivity contribution in [2.45, 2.75) is 44.5 Å². The molecule has 2 heterocycles. The number of esters is 1. The summed E-state index contributed by atoms with van der Waals surface area (Å²) in [5, 5.41) is 0. The molecular weight excluding hydrogens is 240 g/mol. The number of Topliss-reactive ketones (excluding diaryl/α,β-unsaturated/α-hetero) is 1.